The van der Waals surface area contributed by atoms with E-state index in [1.165, 1.54) is 22.8 Å². The highest BCUT2D eigenvalue weighted by molar-refractivity contribution is 7.85. The number of benzene rings is 2. The molecule has 0 amide bonds. The number of ether oxygens (including phenoxy) is 1. The number of oxazole rings is 1. The first-order chi connectivity index (χ1) is 19.1. The summed E-state index contributed by atoms with van der Waals surface area (Å²) in [6, 6.07) is 9.27. The molecule has 0 spiro atoms. The number of rotatable bonds is 9. The molecule has 0 radical (unpaired) electrons. The minimum Gasteiger partial charge on any atom is -0.743 e. The van der Waals surface area contributed by atoms with Gasteiger partial charge >= 0.3 is 21.9 Å². The molecule has 0 saturated heterocycles. The number of nitrogens with one attached hydrogen (secondary N) is 1. The molecule has 0 bridgehead atoms. The highest BCUT2D eigenvalue weighted by Gasteiger charge is 2.36. The maximum atomic E-state index is 11.7. The maximum absolute atomic E-state index is 11.7. The van der Waals surface area contributed by atoms with Crippen molar-refractivity contribution in [1.82, 2.24) is 4.90 Å². The summed E-state index contributed by atoms with van der Waals surface area (Å²) in [5.74, 6) is -1.01. The second kappa shape index (κ2) is 13.7. The number of nitrogens with zero attached hydrogens (tertiary/aromatic N) is 2. The Hall–Kier alpha value is -2.49. The largest absolute Gasteiger partial charge is 0.743 e. The van der Waals surface area contributed by atoms with Crippen LogP contribution in [0.5, 0.6) is 5.75 Å². The highest BCUT2D eigenvalue weighted by atomic mass is 35.5. The topological polar surface area (TPSA) is 146 Å². The lowest BCUT2D eigenvalue weighted by Gasteiger charge is -2.10. The summed E-state index contributed by atoms with van der Waals surface area (Å²) in [5.41, 5.74) is 1.59. The number of hydrogen-bond donors (Lipinski definition) is 2. The Balaban J connectivity index is 0.000000696. The van der Waals surface area contributed by atoms with Crippen LogP contribution in [0.2, 0.25) is 10.0 Å². The van der Waals surface area contributed by atoms with Gasteiger partial charge in [0.1, 0.15) is 0 Å². The van der Waals surface area contributed by atoms with Crippen molar-refractivity contribution in [2.75, 3.05) is 26.0 Å². The van der Waals surface area contributed by atoms with E-state index in [1.807, 2.05) is 0 Å². The fourth-order valence-corrected chi connectivity index (χ4v) is 5.44. The smallest absolute Gasteiger partial charge is 0.375 e. The van der Waals surface area contributed by atoms with Crippen molar-refractivity contribution in [3.05, 3.63) is 69.9 Å². The van der Waals surface area contributed by atoms with Gasteiger partial charge in [0.2, 0.25) is 17.3 Å². The van der Waals surface area contributed by atoms with Crippen molar-refractivity contribution in [3.63, 3.8) is 0 Å². The standard InChI is InChI=1S/C21H18Cl2N2O8S2.C5H13N/c1-2-13(7-20-24(11-34(26,27)28)16-9-14(22)3-5-18(16)32-20)8-21-25(12-35(29,30)31)17-10-15(23)4-6-19(17)33-21;1-4-6(3)5-2/h3-10H,2,11-12H2,1H3,(H-,26,27,28,29,30,31);4-5H2,1-3H3/p+1. The van der Waals surface area contributed by atoms with Gasteiger partial charge in [0, 0.05) is 28.3 Å². The van der Waals surface area contributed by atoms with Gasteiger partial charge in [-0.15, -0.1) is 4.57 Å². The third-order valence-corrected chi connectivity index (χ3v) is 7.90. The molecule has 11 nitrogen and oxygen atoms in total. The van der Waals surface area contributed by atoms with Gasteiger partial charge in [0.25, 0.3) is 5.52 Å². The van der Waals surface area contributed by atoms with E-state index in [9.17, 15) is 25.9 Å². The summed E-state index contributed by atoms with van der Waals surface area (Å²) in [4.78, 5) is 2.45. The van der Waals surface area contributed by atoms with Crippen LogP contribution in [0.3, 0.4) is 0 Å². The predicted octanol–water partition coefficient (Wildman–Crippen LogP) is 3.58. The Morgan fingerprint density at radius 2 is 1.71 bits per heavy atom. The Morgan fingerprint density at radius 1 is 1.07 bits per heavy atom. The van der Waals surface area contributed by atoms with Crippen LogP contribution < -0.4 is 14.2 Å². The molecule has 1 aliphatic rings. The summed E-state index contributed by atoms with van der Waals surface area (Å²) >= 11 is 12.1. The van der Waals surface area contributed by atoms with Crippen LogP contribution in [-0.4, -0.2) is 56.9 Å². The normalized spacial score (nSPS) is 16.6. The average molecular weight is 650 g/mol. The molecule has 0 aliphatic carbocycles. The van der Waals surface area contributed by atoms with Crippen molar-refractivity contribution in [2.45, 2.75) is 33.1 Å². The molecule has 15 heteroatoms. The molecule has 1 unspecified atom stereocenters. The molecule has 41 heavy (non-hydrogen) atoms. The third kappa shape index (κ3) is 9.25. The van der Waals surface area contributed by atoms with Gasteiger partial charge in [-0.25, -0.2) is 13.3 Å². The molecule has 2 heterocycles. The van der Waals surface area contributed by atoms with Crippen LogP contribution in [0.25, 0.3) is 17.2 Å². The molecule has 3 aromatic rings. The lowest BCUT2D eigenvalue weighted by molar-refractivity contribution is -0.782. The minimum atomic E-state index is -4.68. The van der Waals surface area contributed by atoms with Crippen LogP contribution in [0.15, 0.2) is 58.3 Å². The van der Waals surface area contributed by atoms with E-state index >= 15 is 0 Å². The van der Waals surface area contributed by atoms with E-state index < -0.39 is 32.0 Å². The number of quaternary nitrogens is 1. The van der Waals surface area contributed by atoms with Gasteiger partial charge in [-0.05, 0) is 56.4 Å². The van der Waals surface area contributed by atoms with Gasteiger partial charge < -0.3 is 18.6 Å². The van der Waals surface area contributed by atoms with Crippen LogP contribution in [0.4, 0.5) is 5.69 Å². The molecule has 2 aromatic carbocycles. The Labute approximate surface area is 249 Å². The van der Waals surface area contributed by atoms with Crippen LogP contribution in [0.1, 0.15) is 33.1 Å². The zero-order valence-corrected chi connectivity index (χ0v) is 26.1. The first-order valence-corrected chi connectivity index (χ1v) is 16.5. The molecule has 1 atom stereocenters. The molecule has 1 aliphatic heterocycles. The van der Waals surface area contributed by atoms with Crippen molar-refractivity contribution in [3.8, 4) is 5.75 Å². The monoisotopic (exact) mass is 648 g/mol. The lowest BCUT2D eigenvalue weighted by Crippen LogP contribution is -3.05. The van der Waals surface area contributed by atoms with Gasteiger partial charge in [-0.3, -0.25) is 4.55 Å². The average Bonchev–Trinajstić information content (AvgIpc) is 3.38. The number of fused-ring (bicyclic) bond motifs is 2. The first-order valence-electron chi connectivity index (χ1n) is 12.6. The summed E-state index contributed by atoms with van der Waals surface area (Å²) in [5, 5.41) is 0.678. The Morgan fingerprint density at radius 3 is 2.27 bits per heavy atom. The molecule has 224 valence electrons. The van der Waals surface area contributed by atoms with Crippen LogP contribution in [0, 0.1) is 0 Å². The number of allylic oxidation sites excluding steroid dienone is 2. The summed E-state index contributed by atoms with van der Waals surface area (Å²) in [6.45, 7) is 8.44. The summed E-state index contributed by atoms with van der Waals surface area (Å²) in [7, 11) is -6.97. The second-order valence-electron chi connectivity index (χ2n) is 9.18. The molecule has 2 N–H and O–H groups in total. The maximum Gasteiger partial charge on any atom is 0.375 e. The highest BCUT2D eigenvalue weighted by Crippen LogP contribution is 2.31. The molecule has 1 aromatic heterocycles. The van der Waals surface area contributed by atoms with E-state index in [1.54, 1.807) is 37.3 Å². The number of aromatic nitrogens is 1. The molecule has 4 rings (SSSR count). The zero-order chi connectivity index (χ0) is 30.5. The zero-order valence-electron chi connectivity index (χ0n) is 22.9. The van der Waals surface area contributed by atoms with Gasteiger partial charge in [0.05, 0.1) is 6.08 Å². The Bertz CT molecular complexity index is 1680. The van der Waals surface area contributed by atoms with Crippen LogP contribution in [-0.2, 0) is 26.1 Å². The predicted molar refractivity (Wildman–Crippen MR) is 155 cm³/mol. The quantitative estimate of drug-likeness (QED) is 0.263. The van der Waals surface area contributed by atoms with E-state index in [0.29, 0.717) is 44.6 Å². The van der Waals surface area contributed by atoms with Crippen molar-refractivity contribution < 1.29 is 44.6 Å². The number of halogens is 2. The van der Waals surface area contributed by atoms with Crippen LogP contribution >= 0.6 is 23.2 Å². The number of hydrogen-bond acceptors (Lipinski definition) is 8. The second-order valence-corrected chi connectivity index (χ2v) is 12.9. The summed E-state index contributed by atoms with van der Waals surface area (Å²) in [6.07, 6.45) is 3.45. The van der Waals surface area contributed by atoms with Gasteiger partial charge in [0.15, 0.2) is 21.6 Å². The van der Waals surface area contributed by atoms with Gasteiger partial charge in [-0.1, -0.05) is 44.0 Å². The Kier molecular flexibility index (Phi) is 11.0. The first kappa shape index (κ1) is 33.0. The molecular formula is C26H32Cl2N3O8S2+. The van der Waals surface area contributed by atoms with E-state index in [-0.39, 0.29) is 16.7 Å². The molecular weight excluding hydrogens is 617 g/mol. The SMILES string of the molecule is CCC(=C\c1oc2ccc(Cl)cc2[n+]1CS(=O)(=O)[O-])/C=C1/Oc2ccc(Cl)cc2[NH+]1CS(=O)(=O)O.CCN(C)CC. The van der Waals surface area contributed by atoms with Crippen molar-refractivity contribution in [2.24, 2.45) is 0 Å². The van der Waals surface area contributed by atoms with Crippen molar-refractivity contribution in [1.29, 1.82) is 0 Å². The van der Waals surface area contributed by atoms with E-state index in [2.05, 4.69) is 25.8 Å². The fourth-order valence-electron chi connectivity index (χ4n) is 3.86. The van der Waals surface area contributed by atoms with Crippen molar-refractivity contribution >= 4 is 66.3 Å². The minimum absolute atomic E-state index is 0.0604. The molecule has 0 saturated carbocycles. The van der Waals surface area contributed by atoms with E-state index in [0.717, 1.165) is 13.1 Å². The fraction of sp³-hybridized carbons (Fsp3) is 0.346. The molecule has 0 fully saturated rings. The lowest BCUT2D eigenvalue weighted by atomic mass is 10.2. The van der Waals surface area contributed by atoms with E-state index in [4.69, 9.17) is 32.4 Å². The third-order valence-electron chi connectivity index (χ3n) is 6.20. The summed E-state index contributed by atoms with van der Waals surface area (Å²) < 4.78 is 80.2. The van der Waals surface area contributed by atoms with Gasteiger partial charge in [-0.2, -0.15) is 8.42 Å².